The van der Waals surface area contributed by atoms with Crippen LogP contribution < -0.4 is 0 Å². The van der Waals surface area contributed by atoms with Gasteiger partial charge in [-0.25, -0.2) is 0 Å². The number of thiophene rings is 1. The second kappa shape index (κ2) is 5.18. The molecule has 2 heterocycles. The lowest BCUT2D eigenvalue weighted by molar-refractivity contribution is -0.143. The molecule has 0 unspecified atom stereocenters. The van der Waals surface area contributed by atoms with Gasteiger partial charge in [-0.15, -0.1) is 11.3 Å². The van der Waals surface area contributed by atoms with E-state index in [2.05, 4.69) is 15.9 Å². The first kappa shape index (κ1) is 12.6. The van der Waals surface area contributed by atoms with Crippen LogP contribution in [0, 0.1) is 5.92 Å². The minimum Gasteiger partial charge on any atom is -0.481 e. The summed E-state index contributed by atoms with van der Waals surface area (Å²) in [4.78, 5) is 25.3. The van der Waals surface area contributed by atoms with Crippen molar-refractivity contribution < 1.29 is 14.7 Å². The Morgan fingerprint density at radius 2 is 2.06 bits per heavy atom. The van der Waals surface area contributed by atoms with E-state index in [1.807, 2.05) is 5.38 Å². The lowest BCUT2D eigenvalue weighted by Gasteiger charge is -2.29. The summed E-state index contributed by atoms with van der Waals surface area (Å²) in [5.74, 6) is -1.05. The zero-order valence-electron chi connectivity index (χ0n) is 9.06. The molecule has 0 bridgehead atoms. The molecule has 6 heteroatoms. The summed E-state index contributed by atoms with van der Waals surface area (Å²) < 4.78 is 0.909. The van der Waals surface area contributed by atoms with Gasteiger partial charge in [-0.1, -0.05) is 0 Å². The van der Waals surface area contributed by atoms with Gasteiger partial charge in [0.2, 0.25) is 0 Å². The molecule has 1 saturated heterocycles. The van der Waals surface area contributed by atoms with Crippen molar-refractivity contribution in [3.8, 4) is 0 Å². The predicted molar refractivity (Wildman–Crippen MR) is 68.3 cm³/mol. The number of hydrogen-bond donors (Lipinski definition) is 1. The van der Waals surface area contributed by atoms with Crippen molar-refractivity contribution in [3.63, 3.8) is 0 Å². The maximum atomic E-state index is 12.1. The third-order valence-corrected chi connectivity index (χ3v) is 4.59. The molecule has 1 aliphatic rings. The minimum absolute atomic E-state index is 0.00420. The molecule has 0 radical (unpaired) electrons. The van der Waals surface area contributed by atoms with Gasteiger partial charge in [0.15, 0.2) is 0 Å². The number of carbonyl (C=O) groups excluding carboxylic acids is 1. The highest BCUT2D eigenvalue weighted by molar-refractivity contribution is 9.10. The van der Waals surface area contributed by atoms with E-state index < -0.39 is 5.97 Å². The average Bonchev–Trinajstić information content (AvgIpc) is 2.75. The fourth-order valence-corrected chi connectivity index (χ4v) is 3.30. The van der Waals surface area contributed by atoms with Crippen molar-refractivity contribution in [2.45, 2.75) is 12.8 Å². The average molecular weight is 318 g/mol. The van der Waals surface area contributed by atoms with Crippen LogP contribution in [-0.2, 0) is 4.79 Å². The molecule has 92 valence electrons. The van der Waals surface area contributed by atoms with Crippen LogP contribution in [-0.4, -0.2) is 35.0 Å². The van der Waals surface area contributed by atoms with Gasteiger partial charge in [0.25, 0.3) is 5.91 Å². The standard InChI is InChI=1S/C11H12BrNO3S/c12-8-5-9(17-6-8)10(14)13-3-1-7(2-4-13)11(15)16/h5-7H,1-4H2,(H,15,16). The molecule has 0 atom stereocenters. The van der Waals surface area contributed by atoms with Crippen molar-refractivity contribution >= 4 is 39.1 Å². The summed E-state index contributed by atoms with van der Waals surface area (Å²) in [6.07, 6.45) is 1.10. The van der Waals surface area contributed by atoms with Gasteiger partial charge in [-0.2, -0.15) is 0 Å². The molecule has 1 aromatic rings. The zero-order valence-corrected chi connectivity index (χ0v) is 11.5. The highest BCUT2D eigenvalue weighted by Crippen LogP contribution is 2.24. The monoisotopic (exact) mass is 317 g/mol. The van der Waals surface area contributed by atoms with Crippen molar-refractivity contribution in [2.24, 2.45) is 5.92 Å². The van der Waals surface area contributed by atoms with Crippen molar-refractivity contribution in [1.29, 1.82) is 0 Å². The molecule has 1 N–H and O–H groups in total. The number of hydrogen-bond acceptors (Lipinski definition) is 3. The maximum absolute atomic E-state index is 12.1. The Hall–Kier alpha value is -0.880. The van der Waals surface area contributed by atoms with Gasteiger partial charge in [0, 0.05) is 22.9 Å². The topological polar surface area (TPSA) is 57.6 Å². The first-order valence-electron chi connectivity index (χ1n) is 5.34. The first-order valence-corrected chi connectivity index (χ1v) is 7.01. The molecule has 17 heavy (non-hydrogen) atoms. The molecule has 4 nitrogen and oxygen atoms in total. The molecule has 1 fully saturated rings. The smallest absolute Gasteiger partial charge is 0.306 e. The molecule has 0 aromatic carbocycles. The lowest BCUT2D eigenvalue weighted by Crippen LogP contribution is -2.39. The normalized spacial score (nSPS) is 17.1. The van der Waals surface area contributed by atoms with E-state index in [0.717, 1.165) is 4.47 Å². The van der Waals surface area contributed by atoms with Gasteiger partial charge in [-0.05, 0) is 34.8 Å². The van der Waals surface area contributed by atoms with Crippen molar-refractivity contribution in [1.82, 2.24) is 4.90 Å². The predicted octanol–water partition coefficient (Wildman–Crippen LogP) is 2.45. The minimum atomic E-state index is -0.754. The quantitative estimate of drug-likeness (QED) is 0.911. The number of halogens is 1. The second-order valence-corrected chi connectivity index (χ2v) is 5.86. The van der Waals surface area contributed by atoms with E-state index in [0.29, 0.717) is 30.8 Å². The molecule has 1 aliphatic heterocycles. The van der Waals surface area contributed by atoms with E-state index in [4.69, 9.17) is 5.11 Å². The van der Waals surface area contributed by atoms with Crippen LogP contribution in [0.25, 0.3) is 0 Å². The molecule has 1 aromatic heterocycles. The van der Waals surface area contributed by atoms with Crippen LogP contribution in [0.4, 0.5) is 0 Å². The Kier molecular flexibility index (Phi) is 3.83. The molecule has 0 saturated carbocycles. The van der Waals surface area contributed by atoms with Gasteiger partial charge in [0.1, 0.15) is 0 Å². The molecule has 0 aliphatic carbocycles. The number of likely N-dealkylation sites (tertiary alicyclic amines) is 1. The fourth-order valence-electron chi connectivity index (χ4n) is 1.91. The van der Waals surface area contributed by atoms with Crippen LogP contribution in [0.3, 0.4) is 0 Å². The summed E-state index contributed by atoms with van der Waals surface area (Å²) in [6, 6.07) is 1.80. The second-order valence-electron chi connectivity index (χ2n) is 4.03. The number of amides is 1. The molecular formula is C11H12BrNO3S. The van der Waals surface area contributed by atoms with Crippen LogP contribution in [0.2, 0.25) is 0 Å². The first-order chi connectivity index (χ1) is 8.08. The summed E-state index contributed by atoms with van der Waals surface area (Å²) in [5.41, 5.74) is 0. The number of rotatable bonds is 2. The van der Waals surface area contributed by atoms with E-state index in [-0.39, 0.29) is 11.8 Å². The van der Waals surface area contributed by atoms with Gasteiger partial charge < -0.3 is 10.0 Å². The highest BCUT2D eigenvalue weighted by atomic mass is 79.9. The Morgan fingerprint density at radius 1 is 1.41 bits per heavy atom. The summed E-state index contributed by atoms with van der Waals surface area (Å²) in [5, 5.41) is 10.7. The Labute approximate surface area is 111 Å². The van der Waals surface area contributed by atoms with Crippen LogP contribution in [0.15, 0.2) is 15.9 Å². The number of aliphatic carboxylic acids is 1. The lowest BCUT2D eigenvalue weighted by atomic mass is 9.97. The summed E-state index contributed by atoms with van der Waals surface area (Å²) >= 11 is 4.72. The third kappa shape index (κ3) is 2.87. The number of piperidine rings is 1. The molecule has 1 amide bonds. The number of nitrogens with zero attached hydrogens (tertiary/aromatic N) is 1. The van der Waals surface area contributed by atoms with Gasteiger partial charge >= 0.3 is 5.97 Å². The van der Waals surface area contributed by atoms with Crippen LogP contribution >= 0.6 is 27.3 Å². The summed E-state index contributed by atoms with van der Waals surface area (Å²) in [7, 11) is 0. The number of carboxylic acids is 1. The Balaban J connectivity index is 1.97. The number of carbonyl (C=O) groups is 2. The van der Waals surface area contributed by atoms with Crippen molar-refractivity contribution in [2.75, 3.05) is 13.1 Å². The molecule has 0 spiro atoms. The van der Waals surface area contributed by atoms with Gasteiger partial charge in [-0.3, -0.25) is 9.59 Å². The SMILES string of the molecule is O=C(O)C1CCN(C(=O)c2cc(Br)cs2)CC1. The largest absolute Gasteiger partial charge is 0.481 e. The molecule has 2 rings (SSSR count). The van der Waals surface area contributed by atoms with E-state index in [1.165, 1.54) is 11.3 Å². The molecular weight excluding hydrogens is 306 g/mol. The van der Waals surface area contributed by atoms with Crippen LogP contribution in [0.5, 0.6) is 0 Å². The third-order valence-electron chi connectivity index (χ3n) is 2.91. The Morgan fingerprint density at radius 3 is 2.53 bits per heavy atom. The van der Waals surface area contributed by atoms with Crippen molar-refractivity contribution in [3.05, 3.63) is 20.8 Å². The Bertz CT molecular complexity index is 438. The zero-order chi connectivity index (χ0) is 12.4. The highest BCUT2D eigenvalue weighted by Gasteiger charge is 2.27. The fraction of sp³-hybridized carbons (Fsp3) is 0.455. The maximum Gasteiger partial charge on any atom is 0.306 e. The van der Waals surface area contributed by atoms with Gasteiger partial charge in [0.05, 0.1) is 10.8 Å². The van der Waals surface area contributed by atoms with E-state index >= 15 is 0 Å². The van der Waals surface area contributed by atoms with E-state index in [9.17, 15) is 9.59 Å². The summed E-state index contributed by atoms with van der Waals surface area (Å²) in [6.45, 7) is 1.07. The number of carboxylic acid groups (broad SMARTS) is 1. The van der Waals surface area contributed by atoms with E-state index in [1.54, 1.807) is 11.0 Å². The van der Waals surface area contributed by atoms with Crippen LogP contribution in [0.1, 0.15) is 22.5 Å².